The van der Waals surface area contributed by atoms with Crippen molar-refractivity contribution in [3.05, 3.63) is 105 Å². The molecule has 5 rings (SSSR count). The maximum atomic E-state index is 13.9. The molecule has 45 heavy (non-hydrogen) atoms. The lowest BCUT2D eigenvalue weighted by Crippen LogP contribution is -2.41. The van der Waals surface area contributed by atoms with Crippen LogP contribution in [0.5, 0.6) is 0 Å². The molecule has 0 aliphatic carbocycles. The predicted molar refractivity (Wildman–Crippen MR) is 179 cm³/mol. The van der Waals surface area contributed by atoms with Gasteiger partial charge in [-0.1, -0.05) is 47.5 Å². The molecule has 234 valence electrons. The second-order valence-electron chi connectivity index (χ2n) is 11.3. The number of benzene rings is 3. The minimum Gasteiger partial charge on any atom is -0.375 e. The number of nitrogens with one attached hydrogen (secondary N) is 4. The van der Waals surface area contributed by atoms with Crippen LogP contribution in [-0.4, -0.2) is 48.2 Å². The first kappa shape index (κ1) is 32.3. The van der Waals surface area contributed by atoms with Crippen molar-refractivity contribution in [2.75, 3.05) is 37.9 Å². The molecule has 1 aliphatic rings. The van der Waals surface area contributed by atoms with Crippen LogP contribution < -0.4 is 21.6 Å². The third-order valence-corrected chi connectivity index (χ3v) is 7.83. The molecular formula is C33H35Cl2FN8O. The number of ether oxygens (including phenoxy) is 1. The van der Waals surface area contributed by atoms with Gasteiger partial charge in [-0.05, 0) is 69.4 Å². The van der Waals surface area contributed by atoms with E-state index >= 15 is 0 Å². The molecule has 0 unspecified atom stereocenters. The van der Waals surface area contributed by atoms with Crippen LogP contribution in [0.2, 0.25) is 10.0 Å². The standard InChI is InChI=1S/C33H35Cl2FN8O/c1-20(2)44-18-30(41-42-44)32(22-7-5-6-21(12-22)19-45-11-10-43(3)4)40-25-13-26-31(39-24-8-9-29(36)27(34)14-24)23(16-37)17-38-33(26)28(35)15-25/h5-9,12-15,17-18,20,32,40-42H,10-11,19H2,1-4H3,(H,38,39)/t32-/m0/s1. The Morgan fingerprint density at radius 1 is 1.09 bits per heavy atom. The second-order valence-corrected chi connectivity index (χ2v) is 12.1. The molecule has 2 heterocycles. The molecule has 0 fully saturated rings. The zero-order valence-corrected chi connectivity index (χ0v) is 27.0. The summed E-state index contributed by atoms with van der Waals surface area (Å²) in [6.45, 7) is 6.15. The van der Waals surface area contributed by atoms with Crippen LogP contribution in [0.1, 0.15) is 36.6 Å². The molecule has 1 atom stereocenters. The van der Waals surface area contributed by atoms with Crippen LogP contribution in [0, 0.1) is 17.1 Å². The van der Waals surface area contributed by atoms with Crippen LogP contribution in [-0.2, 0) is 11.3 Å². The van der Waals surface area contributed by atoms with Crippen LogP contribution in [0.3, 0.4) is 0 Å². The number of hydrogen-bond donors (Lipinski definition) is 4. The van der Waals surface area contributed by atoms with Crippen molar-refractivity contribution in [1.82, 2.24) is 25.9 Å². The molecule has 0 saturated carbocycles. The Balaban J connectivity index is 1.53. The Bertz CT molecular complexity index is 1760. The minimum absolute atomic E-state index is 0.0354. The maximum Gasteiger partial charge on any atom is 0.141 e. The number of rotatable bonds is 12. The van der Waals surface area contributed by atoms with Crippen LogP contribution >= 0.6 is 23.2 Å². The van der Waals surface area contributed by atoms with Gasteiger partial charge in [0.25, 0.3) is 0 Å². The Hall–Kier alpha value is -4.11. The summed E-state index contributed by atoms with van der Waals surface area (Å²) in [6, 6.07) is 18.3. The number of hydrazine groups is 2. The molecule has 3 aromatic carbocycles. The first-order valence-corrected chi connectivity index (χ1v) is 15.2. The van der Waals surface area contributed by atoms with Crippen molar-refractivity contribution < 1.29 is 9.13 Å². The van der Waals surface area contributed by atoms with E-state index in [0.717, 1.165) is 23.4 Å². The van der Waals surface area contributed by atoms with E-state index in [9.17, 15) is 9.65 Å². The van der Waals surface area contributed by atoms with E-state index in [-0.39, 0.29) is 17.1 Å². The summed E-state index contributed by atoms with van der Waals surface area (Å²) >= 11 is 12.8. The molecule has 9 nitrogen and oxygen atoms in total. The van der Waals surface area contributed by atoms with Crippen molar-refractivity contribution in [2.24, 2.45) is 0 Å². The summed E-state index contributed by atoms with van der Waals surface area (Å²) in [6.07, 6.45) is 3.50. The largest absolute Gasteiger partial charge is 0.375 e. The number of likely N-dealkylation sites (N-methyl/N-ethyl adjacent to an activating group) is 1. The van der Waals surface area contributed by atoms with E-state index in [1.165, 1.54) is 18.3 Å². The van der Waals surface area contributed by atoms with Crippen molar-refractivity contribution in [3.8, 4) is 6.07 Å². The lowest BCUT2D eigenvalue weighted by atomic mass is 10.0. The van der Waals surface area contributed by atoms with Crippen LogP contribution in [0.15, 0.2) is 72.7 Å². The summed E-state index contributed by atoms with van der Waals surface area (Å²) < 4.78 is 19.8. The second kappa shape index (κ2) is 14.3. The van der Waals surface area contributed by atoms with Gasteiger partial charge < -0.3 is 25.7 Å². The highest BCUT2D eigenvalue weighted by atomic mass is 35.5. The van der Waals surface area contributed by atoms with E-state index in [1.54, 1.807) is 6.07 Å². The van der Waals surface area contributed by atoms with Crippen LogP contribution in [0.25, 0.3) is 10.9 Å². The Labute approximate surface area is 272 Å². The summed E-state index contributed by atoms with van der Waals surface area (Å²) in [5.41, 5.74) is 12.0. The smallest absolute Gasteiger partial charge is 0.141 e. The van der Waals surface area contributed by atoms with Crippen molar-refractivity contribution in [2.45, 2.75) is 32.5 Å². The Morgan fingerprint density at radius 2 is 1.89 bits per heavy atom. The third kappa shape index (κ3) is 7.76. The molecule has 4 N–H and O–H groups in total. The maximum absolute atomic E-state index is 13.9. The number of hydrogen-bond acceptors (Lipinski definition) is 9. The Morgan fingerprint density at radius 3 is 2.60 bits per heavy atom. The van der Waals surface area contributed by atoms with E-state index in [1.807, 2.05) is 49.6 Å². The lowest BCUT2D eigenvalue weighted by molar-refractivity contribution is 0.105. The average molecular weight is 650 g/mol. The Kier molecular flexibility index (Phi) is 10.3. The van der Waals surface area contributed by atoms with Gasteiger partial charge in [0.1, 0.15) is 11.9 Å². The SMILES string of the molecule is CC(C)N1C=C([C@@H](Nc2cc(Cl)c3ncc(C#N)c(Nc4ccc(F)c(Cl)c4)c3c2)c2cccc(COCCN(C)C)c2)NN1. The number of pyridine rings is 1. The summed E-state index contributed by atoms with van der Waals surface area (Å²) in [7, 11) is 4.04. The fourth-order valence-corrected chi connectivity index (χ4v) is 5.30. The number of nitriles is 1. The first-order chi connectivity index (χ1) is 21.6. The summed E-state index contributed by atoms with van der Waals surface area (Å²) in [5.74, 6) is -0.535. The van der Waals surface area contributed by atoms with Gasteiger partial charge in [0.15, 0.2) is 0 Å². The highest BCUT2D eigenvalue weighted by Crippen LogP contribution is 2.37. The van der Waals surface area contributed by atoms with Gasteiger partial charge in [-0.15, -0.1) is 5.53 Å². The third-order valence-electron chi connectivity index (χ3n) is 7.26. The minimum atomic E-state index is -0.535. The predicted octanol–water partition coefficient (Wildman–Crippen LogP) is 7.10. The molecule has 12 heteroatoms. The van der Waals surface area contributed by atoms with Gasteiger partial charge in [-0.25, -0.2) is 4.39 Å². The normalized spacial score (nSPS) is 13.6. The number of nitrogens with zero attached hydrogens (tertiary/aromatic N) is 4. The van der Waals surface area contributed by atoms with Gasteiger partial charge in [0.2, 0.25) is 0 Å². The molecular weight excluding hydrogens is 614 g/mol. The molecule has 4 aromatic rings. The lowest BCUT2D eigenvalue weighted by Gasteiger charge is -2.23. The number of fused-ring (bicyclic) bond motifs is 1. The summed E-state index contributed by atoms with van der Waals surface area (Å²) in [4.78, 5) is 6.55. The van der Waals surface area contributed by atoms with E-state index < -0.39 is 5.82 Å². The molecule has 1 aliphatic heterocycles. The van der Waals surface area contributed by atoms with Crippen molar-refractivity contribution >= 4 is 51.2 Å². The quantitative estimate of drug-likeness (QED) is 0.120. The molecule has 1 aromatic heterocycles. The van der Waals surface area contributed by atoms with E-state index in [0.29, 0.717) is 51.8 Å². The first-order valence-electron chi connectivity index (χ1n) is 14.5. The fourth-order valence-electron chi connectivity index (χ4n) is 4.86. The van der Waals surface area contributed by atoms with Crippen molar-refractivity contribution in [1.29, 1.82) is 5.26 Å². The molecule has 0 bridgehead atoms. The van der Waals surface area contributed by atoms with E-state index in [2.05, 4.69) is 63.5 Å². The molecule has 0 saturated heterocycles. The van der Waals surface area contributed by atoms with Crippen molar-refractivity contribution in [3.63, 3.8) is 0 Å². The summed E-state index contributed by atoms with van der Waals surface area (Å²) in [5, 5.41) is 19.8. The van der Waals surface area contributed by atoms with Gasteiger partial charge in [-0.3, -0.25) is 9.99 Å². The zero-order chi connectivity index (χ0) is 32.1. The molecule has 0 amide bonds. The highest BCUT2D eigenvalue weighted by Gasteiger charge is 2.24. The fraction of sp³-hybridized carbons (Fsp3) is 0.273. The number of anilines is 3. The number of halogens is 3. The van der Waals surface area contributed by atoms with Gasteiger partial charge in [-0.2, -0.15) is 5.26 Å². The van der Waals surface area contributed by atoms with Crippen LogP contribution in [0.4, 0.5) is 21.5 Å². The van der Waals surface area contributed by atoms with Gasteiger partial charge in [0.05, 0.1) is 51.8 Å². The van der Waals surface area contributed by atoms with Gasteiger partial charge >= 0.3 is 0 Å². The average Bonchev–Trinajstić information content (AvgIpc) is 3.51. The van der Waals surface area contributed by atoms with Gasteiger partial charge in [0, 0.05) is 41.7 Å². The monoisotopic (exact) mass is 648 g/mol. The zero-order valence-electron chi connectivity index (χ0n) is 25.5. The number of aromatic nitrogens is 1. The highest BCUT2D eigenvalue weighted by molar-refractivity contribution is 6.36. The van der Waals surface area contributed by atoms with E-state index in [4.69, 9.17) is 27.9 Å². The molecule has 0 spiro atoms. The molecule has 0 radical (unpaired) electrons. The topological polar surface area (TPSA) is 101 Å².